The predicted molar refractivity (Wildman–Crippen MR) is 123 cm³/mol. The summed E-state index contributed by atoms with van der Waals surface area (Å²) < 4.78 is 12.1. The Bertz CT molecular complexity index is 1040. The molecular formula is C26H30N2O4. The fourth-order valence-electron chi connectivity index (χ4n) is 4.23. The van der Waals surface area contributed by atoms with Crippen molar-refractivity contribution in [3.05, 3.63) is 71.6 Å². The molecule has 4 rings (SSSR count). The highest BCUT2D eigenvalue weighted by Gasteiger charge is 2.30. The number of aromatic nitrogens is 1. The summed E-state index contributed by atoms with van der Waals surface area (Å²) in [5, 5.41) is 9.40. The number of hydrogen-bond acceptors (Lipinski definition) is 5. The SMILES string of the molecule is CC(C)c1oc(-c2ccccc2)nc1CCOc1cccc(CN2CCCC2C(=O)O)c1. The topological polar surface area (TPSA) is 75.8 Å². The van der Waals surface area contributed by atoms with Crippen molar-refractivity contribution < 1.29 is 19.1 Å². The third-order valence-corrected chi connectivity index (χ3v) is 5.81. The second-order valence-corrected chi connectivity index (χ2v) is 8.56. The van der Waals surface area contributed by atoms with Crippen molar-refractivity contribution in [3.8, 4) is 17.2 Å². The number of carbonyl (C=O) groups is 1. The maximum absolute atomic E-state index is 11.4. The Labute approximate surface area is 188 Å². The molecule has 6 heteroatoms. The lowest BCUT2D eigenvalue weighted by molar-refractivity contribution is -0.142. The van der Waals surface area contributed by atoms with Gasteiger partial charge in [-0.3, -0.25) is 9.69 Å². The number of aliphatic carboxylic acids is 1. The standard InChI is InChI=1S/C26H30N2O4/c1-18(2)24-22(27-25(32-24)20-9-4-3-5-10-20)13-15-31-21-11-6-8-19(16-21)17-28-14-7-12-23(28)26(29)30/h3-6,8-11,16,18,23H,7,12-15,17H2,1-2H3,(H,29,30). The van der Waals surface area contributed by atoms with E-state index in [0.717, 1.165) is 41.3 Å². The molecule has 0 spiro atoms. The summed E-state index contributed by atoms with van der Waals surface area (Å²) in [6.07, 6.45) is 2.29. The van der Waals surface area contributed by atoms with Crippen LogP contribution in [0.1, 0.15) is 49.6 Å². The number of likely N-dealkylation sites (tertiary alicyclic amines) is 1. The summed E-state index contributed by atoms with van der Waals surface area (Å²) >= 11 is 0. The molecule has 1 aromatic heterocycles. The normalized spacial score (nSPS) is 16.5. The molecular weight excluding hydrogens is 404 g/mol. The maximum Gasteiger partial charge on any atom is 0.320 e. The number of ether oxygens (including phenoxy) is 1. The fourth-order valence-corrected chi connectivity index (χ4v) is 4.23. The molecule has 168 valence electrons. The quantitative estimate of drug-likeness (QED) is 0.503. The number of carboxylic acids is 1. The number of rotatable bonds is 9. The third-order valence-electron chi connectivity index (χ3n) is 5.81. The Morgan fingerprint density at radius 1 is 1.22 bits per heavy atom. The molecule has 0 radical (unpaired) electrons. The van der Waals surface area contributed by atoms with Crippen LogP contribution in [0.4, 0.5) is 0 Å². The van der Waals surface area contributed by atoms with Gasteiger partial charge in [-0.25, -0.2) is 4.98 Å². The average molecular weight is 435 g/mol. The van der Waals surface area contributed by atoms with Crippen molar-refractivity contribution in [2.75, 3.05) is 13.2 Å². The van der Waals surface area contributed by atoms with Crippen molar-refractivity contribution in [1.29, 1.82) is 0 Å². The number of hydrogen-bond donors (Lipinski definition) is 1. The summed E-state index contributed by atoms with van der Waals surface area (Å²) in [5.41, 5.74) is 2.96. The van der Waals surface area contributed by atoms with Gasteiger partial charge in [-0.15, -0.1) is 0 Å². The minimum Gasteiger partial charge on any atom is -0.493 e. The zero-order chi connectivity index (χ0) is 22.5. The lowest BCUT2D eigenvalue weighted by atomic mass is 10.1. The first-order valence-corrected chi connectivity index (χ1v) is 11.2. The van der Waals surface area contributed by atoms with Crippen LogP contribution >= 0.6 is 0 Å². The monoisotopic (exact) mass is 434 g/mol. The third kappa shape index (κ3) is 5.19. The van der Waals surface area contributed by atoms with Crippen molar-refractivity contribution in [2.45, 2.75) is 51.6 Å². The highest BCUT2D eigenvalue weighted by Crippen LogP contribution is 2.28. The Balaban J connectivity index is 1.39. The van der Waals surface area contributed by atoms with Crippen molar-refractivity contribution in [2.24, 2.45) is 0 Å². The van der Waals surface area contributed by atoms with E-state index in [2.05, 4.69) is 13.8 Å². The van der Waals surface area contributed by atoms with Crippen molar-refractivity contribution >= 4 is 5.97 Å². The molecule has 1 aliphatic rings. The zero-order valence-electron chi connectivity index (χ0n) is 18.7. The summed E-state index contributed by atoms with van der Waals surface area (Å²) in [6.45, 7) is 6.13. The summed E-state index contributed by atoms with van der Waals surface area (Å²) in [6, 6.07) is 17.4. The molecule has 32 heavy (non-hydrogen) atoms. The zero-order valence-corrected chi connectivity index (χ0v) is 18.7. The van der Waals surface area contributed by atoms with E-state index in [1.54, 1.807) is 0 Å². The van der Waals surface area contributed by atoms with Crippen molar-refractivity contribution in [3.63, 3.8) is 0 Å². The van der Waals surface area contributed by atoms with E-state index in [1.807, 2.05) is 59.5 Å². The van der Waals surface area contributed by atoms with E-state index < -0.39 is 5.97 Å². The van der Waals surface area contributed by atoms with Crippen LogP contribution in [-0.4, -0.2) is 40.2 Å². The van der Waals surface area contributed by atoms with Crippen LogP contribution in [0, 0.1) is 0 Å². The molecule has 2 heterocycles. The van der Waals surface area contributed by atoms with Gasteiger partial charge in [-0.1, -0.05) is 44.2 Å². The van der Waals surface area contributed by atoms with Crippen LogP contribution < -0.4 is 4.74 Å². The summed E-state index contributed by atoms with van der Waals surface area (Å²) in [7, 11) is 0. The van der Waals surface area contributed by atoms with Crippen LogP contribution in [0.2, 0.25) is 0 Å². The lowest BCUT2D eigenvalue weighted by Gasteiger charge is -2.21. The van der Waals surface area contributed by atoms with Gasteiger partial charge in [0.05, 0.1) is 12.3 Å². The van der Waals surface area contributed by atoms with E-state index in [9.17, 15) is 9.90 Å². The molecule has 3 aromatic rings. The van der Waals surface area contributed by atoms with E-state index in [-0.39, 0.29) is 12.0 Å². The van der Waals surface area contributed by atoms with Crippen LogP contribution in [0.3, 0.4) is 0 Å². The molecule has 0 bridgehead atoms. The van der Waals surface area contributed by atoms with Gasteiger partial charge in [0.25, 0.3) is 0 Å². The Morgan fingerprint density at radius 3 is 2.78 bits per heavy atom. The minimum absolute atomic E-state index is 0.237. The molecule has 1 atom stereocenters. The highest BCUT2D eigenvalue weighted by molar-refractivity contribution is 5.73. The van der Waals surface area contributed by atoms with E-state index in [4.69, 9.17) is 14.1 Å². The van der Waals surface area contributed by atoms with Gasteiger partial charge in [0, 0.05) is 24.4 Å². The van der Waals surface area contributed by atoms with E-state index >= 15 is 0 Å². The molecule has 0 aliphatic carbocycles. The average Bonchev–Trinajstić information content (AvgIpc) is 3.42. The fraction of sp³-hybridized carbons (Fsp3) is 0.385. The number of oxazole rings is 1. The van der Waals surface area contributed by atoms with Crippen LogP contribution in [-0.2, 0) is 17.8 Å². The van der Waals surface area contributed by atoms with E-state index in [1.165, 1.54) is 0 Å². The highest BCUT2D eigenvalue weighted by atomic mass is 16.5. The second-order valence-electron chi connectivity index (χ2n) is 8.56. The first-order chi connectivity index (χ1) is 15.5. The van der Waals surface area contributed by atoms with E-state index in [0.29, 0.717) is 31.9 Å². The molecule has 6 nitrogen and oxygen atoms in total. The predicted octanol–water partition coefficient (Wildman–Crippen LogP) is 5.14. The van der Waals surface area contributed by atoms with Crippen LogP contribution in [0.5, 0.6) is 5.75 Å². The van der Waals surface area contributed by atoms with Gasteiger partial charge in [-0.2, -0.15) is 0 Å². The van der Waals surface area contributed by atoms with Crippen molar-refractivity contribution in [1.82, 2.24) is 9.88 Å². The van der Waals surface area contributed by atoms with Gasteiger partial charge in [0.1, 0.15) is 17.6 Å². The number of benzene rings is 2. The Kier molecular flexibility index (Phi) is 6.90. The Morgan fingerprint density at radius 2 is 2.03 bits per heavy atom. The molecule has 1 aliphatic heterocycles. The smallest absolute Gasteiger partial charge is 0.320 e. The van der Waals surface area contributed by atoms with Gasteiger partial charge >= 0.3 is 5.97 Å². The molecule has 1 saturated heterocycles. The summed E-state index contributed by atoms with van der Waals surface area (Å²) in [4.78, 5) is 18.2. The largest absolute Gasteiger partial charge is 0.493 e. The number of carboxylic acid groups (broad SMARTS) is 1. The van der Waals surface area contributed by atoms with Gasteiger partial charge in [0.15, 0.2) is 0 Å². The molecule has 1 N–H and O–H groups in total. The maximum atomic E-state index is 11.4. The molecule has 0 amide bonds. The Hall–Kier alpha value is -3.12. The summed E-state index contributed by atoms with van der Waals surface area (Å²) in [5.74, 6) is 1.82. The van der Waals surface area contributed by atoms with Gasteiger partial charge in [-0.05, 0) is 49.2 Å². The van der Waals surface area contributed by atoms with Gasteiger partial charge < -0.3 is 14.3 Å². The first kappa shape index (κ1) is 22.1. The molecule has 2 aromatic carbocycles. The lowest BCUT2D eigenvalue weighted by Crippen LogP contribution is -2.35. The second kappa shape index (κ2) is 10.0. The molecule has 1 unspecified atom stereocenters. The van der Waals surface area contributed by atoms with Gasteiger partial charge in [0.2, 0.25) is 5.89 Å². The van der Waals surface area contributed by atoms with Crippen LogP contribution in [0.15, 0.2) is 59.0 Å². The minimum atomic E-state index is -0.738. The molecule has 0 saturated carbocycles. The molecule has 1 fully saturated rings. The number of nitrogens with zero attached hydrogens (tertiary/aromatic N) is 2. The van der Waals surface area contributed by atoms with Crippen LogP contribution in [0.25, 0.3) is 11.5 Å². The first-order valence-electron chi connectivity index (χ1n) is 11.2.